The van der Waals surface area contributed by atoms with Gasteiger partial charge in [-0.3, -0.25) is 0 Å². The molecule has 280 valence electrons. The van der Waals surface area contributed by atoms with E-state index in [0.29, 0.717) is 0 Å². The highest BCUT2D eigenvalue weighted by atomic mass is 35.5. The van der Waals surface area contributed by atoms with Crippen molar-refractivity contribution in [2.45, 2.75) is 11.3 Å². The fourth-order valence-corrected chi connectivity index (χ4v) is 14.2. The van der Waals surface area contributed by atoms with Crippen LogP contribution in [0.15, 0.2) is 243 Å². The summed E-state index contributed by atoms with van der Waals surface area (Å²) in [6.45, 7) is 0. The highest BCUT2D eigenvalue weighted by molar-refractivity contribution is 7.80. The van der Waals surface area contributed by atoms with E-state index < -0.39 is 14.1 Å². The number of benzene rings is 8. The minimum Gasteiger partial charge on any atom is -0.309 e. The van der Waals surface area contributed by atoms with Gasteiger partial charge < -0.3 is 10.3 Å². The van der Waals surface area contributed by atoms with Crippen molar-refractivity contribution >= 4 is 60.1 Å². The summed E-state index contributed by atoms with van der Waals surface area (Å²) in [5.41, 5.74) is 4.76. The molecule has 0 aromatic heterocycles. The van der Waals surface area contributed by atoms with E-state index in [9.17, 15) is 10.3 Å². The molecule has 0 saturated carbocycles. The lowest BCUT2D eigenvalue weighted by Crippen LogP contribution is -2.21. The zero-order valence-corrected chi connectivity index (χ0v) is 34.4. The van der Waals surface area contributed by atoms with Crippen molar-refractivity contribution in [3.05, 3.63) is 265 Å². The maximum absolute atomic E-state index is 9.95. The Morgan fingerprint density at radius 3 is 0.536 bits per heavy atom. The van der Waals surface area contributed by atoms with Crippen molar-refractivity contribution in [3.8, 4) is 0 Å². The monoisotopic (exact) mass is 806 g/mol. The highest BCUT2D eigenvalue weighted by Crippen LogP contribution is 2.61. The maximum Gasteiger partial charge on any atom is 0.0513 e. The molecule has 8 aromatic carbocycles. The molecule has 0 fully saturated rings. The van der Waals surface area contributed by atoms with Gasteiger partial charge >= 0.3 is 0 Å². The molecule has 0 bridgehead atoms. The number of hydrogen-bond acceptors (Lipinski definition) is 2. The molecule has 8 aromatic rings. The average Bonchev–Trinajstić information content (AvgIpc) is 3.27. The Kier molecular flexibility index (Phi) is 15.1. The molecule has 0 heterocycles. The fourth-order valence-electron chi connectivity index (χ4n) is 7.37. The lowest BCUT2D eigenvalue weighted by atomic mass is 10.0. The summed E-state index contributed by atoms with van der Waals surface area (Å²) in [4.78, 5) is 0. The van der Waals surface area contributed by atoms with Crippen LogP contribution in [0.3, 0.4) is 0 Å². The second-order valence-corrected chi connectivity index (χ2v) is 19.2. The van der Waals surface area contributed by atoms with Crippen molar-refractivity contribution in [1.29, 1.82) is 10.3 Å². The normalized spacial score (nSPS) is 11.0. The molecular formula is C50H46Cl2N2P2. The van der Waals surface area contributed by atoms with Crippen LogP contribution in [0.1, 0.15) is 33.6 Å². The number of halogens is 2. The van der Waals surface area contributed by atoms with Crippen LogP contribution >= 0.6 is 38.9 Å². The van der Waals surface area contributed by atoms with Gasteiger partial charge in [0.05, 0.1) is 11.3 Å². The smallest absolute Gasteiger partial charge is 0.0513 e. The van der Waals surface area contributed by atoms with Crippen molar-refractivity contribution in [1.82, 2.24) is 0 Å². The van der Waals surface area contributed by atoms with Gasteiger partial charge in [-0.15, -0.1) is 24.8 Å². The molecular weight excluding hydrogens is 761 g/mol. The van der Waals surface area contributed by atoms with Crippen LogP contribution in [-0.2, 0) is 0 Å². The first-order valence-electron chi connectivity index (χ1n) is 18.3. The van der Waals surface area contributed by atoms with Gasteiger partial charge in [-0.05, 0) is 43.5 Å². The molecule has 0 radical (unpaired) electrons. The van der Waals surface area contributed by atoms with Crippen LogP contribution in [0.25, 0.3) is 0 Å². The lowest BCUT2D eigenvalue weighted by Gasteiger charge is -2.33. The predicted octanol–water partition coefficient (Wildman–Crippen LogP) is 13.3. The second kappa shape index (κ2) is 20.1. The van der Waals surface area contributed by atoms with Gasteiger partial charge in [-0.25, -0.2) is 0 Å². The van der Waals surface area contributed by atoms with E-state index in [1.165, 1.54) is 22.3 Å². The summed E-state index contributed by atoms with van der Waals surface area (Å²) in [5, 5.41) is 24.3. The van der Waals surface area contributed by atoms with E-state index in [0.717, 1.165) is 21.2 Å². The summed E-state index contributed by atoms with van der Waals surface area (Å²) in [7, 11) is -4.96. The Morgan fingerprint density at radius 2 is 0.375 bits per heavy atom. The quantitative estimate of drug-likeness (QED) is 0.129. The van der Waals surface area contributed by atoms with Gasteiger partial charge in [-0.2, -0.15) is 0 Å². The molecule has 0 saturated heterocycles. The minimum absolute atomic E-state index is 0. The van der Waals surface area contributed by atoms with Crippen molar-refractivity contribution in [2.75, 3.05) is 0 Å². The Balaban J connectivity index is 0.000000207. The summed E-state index contributed by atoms with van der Waals surface area (Å²) >= 11 is 0. The van der Waals surface area contributed by atoms with Crippen molar-refractivity contribution < 1.29 is 0 Å². The Bertz CT molecular complexity index is 2080. The summed E-state index contributed by atoms with van der Waals surface area (Å²) in [6.07, 6.45) is 0. The Morgan fingerprint density at radius 1 is 0.232 bits per heavy atom. The summed E-state index contributed by atoms with van der Waals surface area (Å²) in [5.74, 6) is 0. The molecule has 0 atom stereocenters. The molecule has 6 heteroatoms. The fraction of sp³-hybridized carbons (Fsp3) is 0.0400. The van der Waals surface area contributed by atoms with Crippen LogP contribution in [0, 0.1) is 10.3 Å². The minimum atomic E-state index is -2.48. The zero-order valence-electron chi connectivity index (χ0n) is 31.0. The van der Waals surface area contributed by atoms with Gasteiger partial charge in [0.25, 0.3) is 0 Å². The standard InChI is InChI=1S/2C25H22NP.2ClH/c2*26-27(23-17-9-3-10-18-23,24-19-11-4-12-20-24)25(21-13-5-1-6-14-21)22-15-7-2-8-16-22;;/h2*1-20,25-26H;2*1H. The molecule has 0 unspecified atom stereocenters. The van der Waals surface area contributed by atoms with E-state index in [2.05, 4.69) is 194 Å². The van der Waals surface area contributed by atoms with E-state index in [4.69, 9.17) is 0 Å². The maximum atomic E-state index is 9.95. The van der Waals surface area contributed by atoms with E-state index in [1.807, 2.05) is 48.5 Å². The second-order valence-electron chi connectivity index (χ2n) is 13.2. The Labute approximate surface area is 344 Å². The first-order chi connectivity index (χ1) is 26.6. The SMILES string of the molecule is Cl.Cl.N=P(c1ccccc1)(c1ccccc1)C(c1ccccc1)c1ccccc1.N=P(c1ccccc1)(c1ccccc1)C(c1ccccc1)c1ccccc1. The average molecular weight is 808 g/mol. The molecule has 2 nitrogen and oxygen atoms in total. The van der Waals surface area contributed by atoms with Gasteiger partial charge in [0.15, 0.2) is 0 Å². The summed E-state index contributed by atoms with van der Waals surface area (Å²) in [6, 6.07) is 83.5. The third-order valence-corrected chi connectivity index (χ3v) is 17.1. The molecule has 56 heavy (non-hydrogen) atoms. The number of hydrogen-bond donors (Lipinski definition) is 2. The van der Waals surface area contributed by atoms with E-state index in [-0.39, 0.29) is 36.1 Å². The largest absolute Gasteiger partial charge is 0.309 e. The molecule has 0 aliphatic heterocycles. The van der Waals surface area contributed by atoms with Gasteiger partial charge in [0.1, 0.15) is 0 Å². The number of nitrogens with one attached hydrogen (secondary N) is 2. The van der Waals surface area contributed by atoms with Gasteiger partial charge in [0.2, 0.25) is 0 Å². The van der Waals surface area contributed by atoms with Crippen LogP contribution in [0.4, 0.5) is 0 Å². The zero-order chi connectivity index (χ0) is 37.1. The van der Waals surface area contributed by atoms with Gasteiger partial charge in [0, 0.05) is 14.1 Å². The molecule has 0 amide bonds. The van der Waals surface area contributed by atoms with Gasteiger partial charge in [-0.1, -0.05) is 243 Å². The van der Waals surface area contributed by atoms with Crippen LogP contribution < -0.4 is 21.2 Å². The highest BCUT2D eigenvalue weighted by Gasteiger charge is 2.35. The summed E-state index contributed by atoms with van der Waals surface area (Å²) < 4.78 is 0. The first-order valence-corrected chi connectivity index (χ1v) is 22.0. The third-order valence-electron chi connectivity index (χ3n) is 9.89. The van der Waals surface area contributed by atoms with E-state index >= 15 is 0 Å². The van der Waals surface area contributed by atoms with Crippen molar-refractivity contribution in [3.63, 3.8) is 0 Å². The molecule has 0 aliphatic rings. The van der Waals surface area contributed by atoms with Crippen molar-refractivity contribution in [2.24, 2.45) is 0 Å². The number of rotatable bonds is 10. The van der Waals surface area contributed by atoms with E-state index in [1.54, 1.807) is 0 Å². The van der Waals surface area contributed by atoms with Crippen LogP contribution in [0.5, 0.6) is 0 Å². The van der Waals surface area contributed by atoms with Crippen LogP contribution in [0.2, 0.25) is 0 Å². The van der Waals surface area contributed by atoms with Crippen LogP contribution in [-0.4, -0.2) is 0 Å². The third kappa shape index (κ3) is 9.08. The lowest BCUT2D eigenvalue weighted by molar-refractivity contribution is 1.13. The molecule has 0 aliphatic carbocycles. The predicted molar refractivity (Wildman–Crippen MR) is 248 cm³/mol. The molecule has 2 N–H and O–H groups in total. The molecule has 8 rings (SSSR count). The first kappa shape index (κ1) is 42.0. The Hall–Kier alpha value is -5.20. The molecule has 0 spiro atoms. The topological polar surface area (TPSA) is 47.7 Å².